The first-order chi connectivity index (χ1) is 17.3. The Morgan fingerprint density at radius 3 is 2.64 bits per heavy atom. The average Bonchev–Trinajstić information content (AvgIpc) is 3.59. The van der Waals surface area contributed by atoms with Gasteiger partial charge >= 0.3 is 0 Å². The molecule has 0 radical (unpaired) electrons. The van der Waals surface area contributed by atoms with Gasteiger partial charge in [0, 0.05) is 23.7 Å². The molecule has 2 saturated heterocycles. The Bertz CT molecular complexity index is 1330. The second kappa shape index (κ2) is 8.06. The third kappa shape index (κ3) is 3.13. The summed E-state index contributed by atoms with van der Waals surface area (Å²) in [5, 5.41) is 6.24. The number of hydrogen-bond donors (Lipinski definition) is 3. The van der Waals surface area contributed by atoms with Crippen molar-refractivity contribution in [1.29, 1.82) is 0 Å². The molecule has 4 amide bonds. The van der Waals surface area contributed by atoms with E-state index in [9.17, 15) is 19.2 Å². The first-order valence-corrected chi connectivity index (χ1v) is 12.1. The monoisotopic (exact) mass is 490 g/mol. The van der Waals surface area contributed by atoms with Crippen LogP contribution in [-0.4, -0.2) is 41.4 Å². The van der Waals surface area contributed by atoms with E-state index in [0.29, 0.717) is 28.3 Å². The molecule has 4 aliphatic heterocycles. The van der Waals surface area contributed by atoms with Crippen LogP contribution in [0.25, 0.3) is 0 Å². The number of benzene rings is 2. The maximum atomic E-state index is 13.9. The van der Waals surface area contributed by atoms with Crippen molar-refractivity contribution in [1.82, 2.24) is 10.2 Å². The highest BCUT2D eigenvalue weighted by molar-refractivity contribution is 6.15. The second-order valence-electron chi connectivity index (χ2n) is 9.71. The number of carbonyl (C=O) groups excluding carboxylic acids is 4. The molecule has 2 aromatic carbocycles. The minimum atomic E-state index is -1.40. The maximum Gasteiger partial charge on any atom is 0.250 e. The minimum Gasteiger partial charge on any atom is -0.454 e. The summed E-state index contributed by atoms with van der Waals surface area (Å²) in [5.41, 5.74) is 7.00. The number of rotatable bonds is 6. The first-order valence-electron chi connectivity index (χ1n) is 12.1. The van der Waals surface area contributed by atoms with E-state index in [2.05, 4.69) is 10.6 Å². The zero-order valence-corrected chi connectivity index (χ0v) is 19.7. The molecule has 4 aliphatic rings. The number of imide groups is 1. The van der Waals surface area contributed by atoms with Gasteiger partial charge in [-0.05, 0) is 42.2 Å². The van der Waals surface area contributed by atoms with Crippen molar-refractivity contribution in [3.63, 3.8) is 0 Å². The second-order valence-corrected chi connectivity index (χ2v) is 9.71. The summed E-state index contributed by atoms with van der Waals surface area (Å²) < 4.78 is 10.8. The van der Waals surface area contributed by atoms with Crippen molar-refractivity contribution >= 4 is 29.3 Å². The van der Waals surface area contributed by atoms with E-state index in [-0.39, 0.29) is 38.0 Å². The summed E-state index contributed by atoms with van der Waals surface area (Å²) in [6.07, 6.45) is 1.02. The summed E-state index contributed by atoms with van der Waals surface area (Å²) >= 11 is 0. The van der Waals surface area contributed by atoms with Gasteiger partial charge in [-0.25, -0.2) is 0 Å². The molecule has 10 heteroatoms. The van der Waals surface area contributed by atoms with Gasteiger partial charge in [-0.2, -0.15) is 0 Å². The molecule has 0 saturated carbocycles. The van der Waals surface area contributed by atoms with Crippen LogP contribution in [0.1, 0.15) is 36.5 Å². The Labute approximate surface area is 207 Å². The van der Waals surface area contributed by atoms with Crippen molar-refractivity contribution in [2.45, 2.75) is 44.3 Å². The lowest BCUT2D eigenvalue weighted by molar-refractivity contribution is -0.143. The molecule has 4 atom stereocenters. The number of nitrogens with one attached hydrogen (secondary N) is 2. The highest BCUT2D eigenvalue weighted by Gasteiger charge is 2.70. The lowest BCUT2D eigenvalue weighted by atomic mass is 9.76. The fourth-order valence-corrected chi connectivity index (χ4v) is 6.05. The number of nitrogens with zero attached hydrogens (tertiary/aromatic N) is 1. The van der Waals surface area contributed by atoms with E-state index in [1.165, 1.54) is 4.90 Å². The molecule has 0 bridgehead atoms. The molecule has 6 rings (SSSR count). The van der Waals surface area contributed by atoms with E-state index >= 15 is 0 Å². The van der Waals surface area contributed by atoms with E-state index in [1.54, 1.807) is 18.2 Å². The van der Waals surface area contributed by atoms with E-state index in [1.807, 2.05) is 25.1 Å². The highest BCUT2D eigenvalue weighted by atomic mass is 16.7. The van der Waals surface area contributed by atoms with Crippen LogP contribution in [-0.2, 0) is 37.7 Å². The summed E-state index contributed by atoms with van der Waals surface area (Å²) in [4.78, 5) is 54.0. The van der Waals surface area contributed by atoms with Gasteiger partial charge in [-0.15, -0.1) is 0 Å². The topological polar surface area (TPSA) is 140 Å². The SMILES string of the molecule is CCc1ccc2c(c1)[C@]1(N[C@H](CCC(N)=O)[C@H]3C(=O)N(Cc4ccc5c(c4)OCO5)C(=O)[C@@H]31)C(=O)N2. The Balaban J connectivity index is 1.41. The van der Waals surface area contributed by atoms with Gasteiger partial charge < -0.3 is 20.5 Å². The molecule has 0 aromatic heterocycles. The molecule has 0 unspecified atom stereocenters. The number of likely N-dealkylation sites (tertiary alicyclic amines) is 1. The van der Waals surface area contributed by atoms with Gasteiger partial charge in [0.15, 0.2) is 11.5 Å². The maximum absolute atomic E-state index is 13.9. The summed E-state index contributed by atoms with van der Waals surface area (Å²) in [6.45, 7) is 2.18. The molecule has 2 fully saturated rings. The van der Waals surface area contributed by atoms with Crippen molar-refractivity contribution in [2.24, 2.45) is 17.6 Å². The number of primary amides is 1. The predicted molar refractivity (Wildman–Crippen MR) is 127 cm³/mol. The van der Waals surface area contributed by atoms with Crippen LogP contribution < -0.4 is 25.8 Å². The Morgan fingerprint density at radius 2 is 1.86 bits per heavy atom. The van der Waals surface area contributed by atoms with Crippen molar-refractivity contribution in [2.75, 3.05) is 12.1 Å². The van der Waals surface area contributed by atoms with Crippen LogP contribution in [0.15, 0.2) is 36.4 Å². The van der Waals surface area contributed by atoms with Gasteiger partial charge in [0.05, 0.1) is 18.4 Å². The largest absolute Gasteiger partial charge is 0.454 e. The van der Waals surface area contributed by atoms with Crippen molar-refractivity contribution in [3.8, 4) is 11.5 Å². The van der Waals surface area contributed by atoms with E-state index in [4.69, 9.17) is 15.2 Å². The standard InChI is InChI=1S/C26H26N4O6/c1-2-13-3-5-16-15(9-13)26(25(34)28-16)22-21(17(29-26)6-8-20(27)31)23(32)30(24(22)33)11-14-4-7-18-19(10-14)36-12-35-18/h3-5,7,9-10,17,21-22,29H,2,6,8,11-12H2,1H3,(H2,27,31)(H,28,34)/t17-,21-,22-,26-/m1/s1. The lowest BCUT2D eigenvalue weighted by Crippen LogP contribution is -2.53. The molecule has 0 aliphatic carbocycles. The number of fused-ring (bicyclic) bond motifs is 5. The Hall–Kier alpha value is -3.92. The van der Waals surface area contributed by atoms with Crippen molar-refractivity contribution < 1.29 is 28.7 Å². The quantitative estimate of drug-likeness (QED) is 0.516. The summed E-state index contributed by atoms with van der Waals surface area (Å²) in [7, 11) is 0. The van der Waals surface area contributed by atoms with Gasteiger partial charge in [-0.3, -0.25) is 29.4 Å². The van der Waals surface area contributed by atoms with Gasteiger partial charge in [0.25, 0.3) is 0 Å². The van der Waals surface area contributed by atoms with Gasteiger partial charge in [0.2, 0.25) is 30.4 Å². The van der Waals surface area contributed by atoms with Crippen LogP contribution >= 0.6 is 0 Å². The fraction of sp³-hybridized carbons (Fsp3) is 0.385. The van der Waals surface area contributed by atoms with Gasteiger partial charge in [0.1, 0.15) is 5.54 Å². The smallest absolute Gasteiger partial charge is 0.250 e. The fourth-order valence-electron chi connectivity index (χ4n) is 6.05. The molecule has 1 spiro atoms. The molecule has 10 nitrogen and oxygen atoms in total. The Kier molecular flexibility index (Phi) is 5.04. The Morgan fingerprint density at radius 1 is 1.08 bits per heavy atom. The normalized spacial score (nSPS) is 27.5. The van der Waals surface area contributed by atoms with Crippen LogP contribution in [0.4, 0.5) is 5.69 Å². The minimum absolute atomic E-state index is 0.0318. The first kappa shape index (κ1) is 22.5. The van der Waals surface area contributed by atoms with E-state index < -0.39 is 35.2 Å². The number of ether oxygens (including phenoxy) is 2. The molecule has 186 valence electrons. The number of carbonyl (C=O) groups is 4. The molecule has 36 heavy (non-hydrogen) atoms. The number of hydrogen-bond acceptors (Lipinski definition) is 7. The van der Waals surface area contributed by atoms with Crippen LogP contribution in [0.2, 0.25) is 0 Å². The predicted octanol–water partition coefficient (Wildman–Crippen LogP) is 1.16. The molecular weight excluding hydrogens is 464 g/mol. The summed E-state index contributed by atoms with van der Waals surface area (Å²) in [6, 6.07) is 10.4. The number of aryl methyl sites for hydroxylation is 1. The third-order valence-corrected chi connectivity index (χ3v) is 7.76. The van der Waals surface area contributed by atoms with E-state index in [0.717, 1.165) is 12.0 Å². The number of anilines is 1. The molecule has 2 aromatic rings. The van der Waals surface area contributed by atoms with Gasteiger partial charge in [-0.1, -0.05) is 25.1 Å². The van der Waals surface area contributed by atoms with Crippen LogP contribution in [0, 0.1) is 11.8 Å². The zero-order chi connectivity index (χ0) is 25.2. The highest BCUT2D eigenvalue weighted by Crippen LogP contribution is 2.54. The van der Waals surface area contributed by atoms with Crippen molar-refractivity contribution in [3.05, 3.63) is 53.1 Å². The molecule has 4 heterocycles. The lowest BCUT2D eigenvalue weighted by Gasteiger charge is -2.29. The molecule has 4 N–H and O–H groups in total. The molecular formula is C26H26N4O6. The number of amides is 4. The average molecular weight is 491 g/mol. The summed E-state index contributed by atoms with van der Waals surface area (Å²) in [5.74, 6) is -2.23. The van der Waals surface area contributed by atoms with Crippen LogP contribution in [0.3, 0.4) is 0 Å². The third-order valence-electron chi connectivity index (χ3n) is 7.76. The number of nitrogens with two attached hydrogens (primary N) is 1. The van der Waals surface area contributed by atoms with Crippen LogP contribution in [0.5, 0.6) is 11.5 Å². The zero-order valence-electron chi connectivity index (χ0n) is 19.7.